The molecule has 2 fully saturated rings. The van der Waals surface area contributed by atoms with E-state index in [4.69, 9.17) is 0 Å². The van der Waals surface area contributed by atoms with Crippen LogP contribution in [0.15, 0.2) is 18.2 Å². The van der Waals surface area contributed by atoms with E-state index in [1.807, 2.05) is 4.90 Å². The molecule has 0 aliphatic carbocycles. The second-order valence-electron chi connectivity index (χ2n) is 5.80. The maximum Gasteiger partial charge on any atom is 0.240 e. The highest BCUT2D eigenvalue weighted by Crippen LogP contribution is 2.24. The first-order chi connectivity index (χ1) is 10.2. The molecule has 0 saturated carbocycles. The van der Waals surface area contributed by atoms with Crippen molar-refractivity contribution in [2.45, 2.75) is 19.9 Å². The molecule has 2 aliphatic rings. The van der Waals surface area contributed by atoms with E-state index in [1.54, 1.807) is 11.8 Å². The average Bonchev–Trinajstić information content (AvgIpc) is 3.04. The van der Waals surface area contributed by atoms with Crippen LogP contribution in [0.5, 0.6) is 0 Å². The minimum absolute atomic E-state index is 0. The van der Waals surface area contributed by atoms with Gasteiger partial charge in [0.15, 0.2) is 0 Å². The molecule has 1 aromatic carbocycles. The number of anilines is 1. The van der Waals surface area contributed by atoms with Gasteiger partial charge in [0, 0.05) is 43.5 Å². The molecule has 2 aliphatic heterocycles. The highest BCUT2D eigenvalue weighted by atomic mass is 35.5. The molecular weight excluding hydrogens is 353 g/mol. The summed E-state index contributed by atoms with van der Waals surface area (Å²) in [6.45, 7) is 7.85. The monoisotopic (exact) mass is 377 g/mol. The number of carbonyl (C=O) groups excluding carboxylic acids is 1. The van der Waals surface area contributed by atoms with E-state index in [-0.39, 0.29) is 36.8 Å². The number of hydrogen-bond acceptors (Lipinski definition) is 4. The lowest BCUT2D eigenvalue weighted by atomic mass is 10.1. The number of rotatable bonds is 2. The highest BCUT2D eigenvalue weighted by molar-refractivity contribution is 7.99. The number of thioether (sulfide) groups is 1. The zero-order valence-electron chi connectivity index (χ0n) is 13.6. The minimum Gasteiger partial charge on any atom is -0.368 e. The summed E-state index contributed by atoms with van der Waals surface area (Å²) in [7, 11) is 0. The lowest BCUT2D eigenvalue weighted by molar-refractivity contribution is -0.132. The normalized spacial score (nSPS) is 20.7. The van der Waals surface area contributed by atoms with Crippen LogP contribution in [0.2, 0.25) is 0 Å². The van der Waals surface area contributed by atoms with Gasteiger partial charge in [-0.3, -0.25) is 10.1 Å². The van der Waals surface area contributed by atoms with Gasteiger partial charge in [0.25, 0.3) is 0 Å². The molecule has 1 amide bonds. The Morgan fingerprint density at radius 3 is 2.48 bits per heavy atom. The number of piperazine rings is 1. The summed E-state index contributed by atoms with van der Waals surface area (Å²) < 4.78 is 0. The molecule has 2 saturated heterocycles. The molecule has 1 N–H and O–H groups in total. The molecule has 0 spiro atoms. The van der Waals surface area contributed by atoms with E-state index < -0.39 is 0 Å². The average molecular weight is 378 g/mol. The summed E-state index contributed by atoms with van der Waals surface area (Å²) in [6.07, 6.45) is 0. The third kappa shape index (κ3) is 4.47. The summed E-state index contributed by atoms with van der Waals surface area (Å²) in [5, 5.41) is 3.27. The molecule has 7 heteroatoms. The van der Waals surface area contributed by atoms with E-state index in [2.05, 4.69) is 42.3 Å². The number of amides is 1. The SMILES string of the molecule is Cc1cccc(N2CCN(C(=O)C3CSCN3)CC2)c1C.Cl.Cl. The number of hydrogen-bond donors (Lipinski definition) is 1. The Balaban J connectivity index is 0.00000132. The minimum atomic E-state index is 0. The number of halogens is 2. The molecule has 23 heavy (non-hydrogen) atoms. The first-order valence-electron chi connectivity index (χ1n) is 7.58. The quantitative estimate of drug-likeness (QED) is 0.858. The summed E-state index contributed by atoms with van der Waals surface area (Å²) in [5.74, 6) is 2.09. The fraction of sp³-hybridized carbons (Fsp3) is 0.562. The number of nitrogens with one attached hydrogen (secondary N) is 1. The van der Waals surface area contributed by atoms with Gasteiger partial charge in [-0.15, -0.1) is 36.6 Å². The Labute approximate surface area is 155 Å². The molecule has 130 valence electrons. The van der Waals surface area contributed by atoms with Gasteiger partial charge in [0.05, 0.1) is 6.04 Å². The lowest BCUT2D eigenvalue weighted by Gasteiger charge is -2.38. The van der Waals surface area contributed by atoms with Gasteiger partial charge in [-0.2, -0.15) is 0 Å². The Hall–Kier alpha value is -0.620. The van der Waals surface area contributed by atoms with Crippen LogP contribution >= 0.6 is 36.6 Å². The number of carbonyl (C=O) groups is 1. The van der Waals surface area contributed by atoms with Crippen LogP contribution < -0.4 is 10.2 Å². The number of benzene rings is 1. The van der Waals surface area contributed by atoms with Gasteiger partial charge < -0.3 is 9.80 Å². The van der Waals surface area contributed by atoms with Gasteiger partial charge in [0.2, 0.25) is 5.91 Å². The molecule has 1 atom stereocenters. The predicted octanol–water partition coefficient (Wildman–Crippen LogP) is 2.46. The van der Waals surface area contributed by atoms with Gasteiger partial charge in [0.1, 0.15) is 0 Å². The van der Waals surface area contributed by atoms with Gasteiger partial charge >= 0.3 is 0 Å². The topological polar surface area (TPSA) is 35.6 Å². The van der Waals surface area contributed by atoms with E-state index in [1.165, 1.54) is 16.8 Å². The van der Waals surface area contributed by atoms with Crippen molar-refractivity contribution in [3.8, 4) is 0 Å². The summed E-state index contributed by atoms with van der Waals surface area (Å²) in [4.78, 5) is 16.8. The molecule has 0 radical (unpaired) electrons. The third-order valence-electron chi connectivity index (χ3n) is 4.52. The second-order valence-corrected chi connectivity index (χ2v) is 6.83. The fourth-order valence-corrected chi connectivity index (χ4v) is 3.95. The van der Waals surface area contributed by atoms with Gasteiger partial charge in [-0.05, 0) is 31.0 Å². The summed E-state index contributed by atoms with van der Waals surface area (Å²) >= 11 is 1.81. The predicted molar refractivity (Wildman–Crippen MR) is 103 cm³/mol. The fourth-order valence-electron chi connectivity index (χ4n) is 3.02. The van der Waals surface area contributed by atoms with E-state index in [0.717, 1.165) is 37.8 Å². The molecular formula is C16H25Cl2N3OS. The number of aryl methyl sites for hydroxylation is 1. The van der Waals surface area contributed by atoms with Gasteiger partial charge in [-0.1, -0.05) is 12.1 Å². The van der Waals surface area contributed by atoms with Crippen LogP contribution in [0.4, 0.5) is 5.69 Å². The molecule has 1 aromatic rings. The zero-order valence-corrected chi connectivity index (χ0v) is 16.0. The smallest absolute Gasteiger partial charge is 0.240 e. The highest BCUT2D eigenvalue weighted by Gasteiger charge is 2.29. The van der Waals surface area contributed by atoms with Crippen molar-refractivity contribution >= 4 is 48.2 Å². The Morgan fingerprint density at radius 2 is 1.87 bits per heavy atom. The second kappa shape index (κ2) is 9.02. The first kappa shape index (κ1) is 20.4. The number of nitrogens with zero attached hydrogens (tertiary/aromatic N) is 2. The molecule has 4 nitrogen and oxygen atoms in total. The molecule has 0 aromatic heterocycles. The van der Waals surface area contributed by atoms with Crippen LogP contribution in [0.1, 0.15) is 11.1 Å². The van der Waals surface area contributed by atoms with Gasteiger partial charge in [-0.25, -0.2) is 0 Å². The third-order valence-corrected chi connectivity index (χ3v) is 5.46. The maximum atomic E-state index is 12.4. The Kier molecular flexibility index (Phi) is 8.01. The first-order valence-corrected chi connectivity index (χ1v) is 8.73. The van der Waals surface area contributed by atoms with Crippen LogP contribution in [-0.2, 0) is 4.79 Å². The molecule has 3 rings (SSSR count). The Bertz CT molecular complexity index is 530. The largest absolute Gasteiger partial charge is 0.368 e. The standard InChI is InChI=1S/C16H23N3OS.2ClH/c1-12-4-3-5-15(13(12)2)18-6-8-19(9-7-18)16(20)14-10-21-11-17-14;;/h3-5,14,17H,6-11H2,1-2H3;2*1H. The maximum absolute atomic E-state index is 12.4. The van der Waals surface area contributed by atoms with Crippen molar-refractivity contribution < 1.29 is 4.79 Å². The lowest BCUT2D eigenvalue weighted by Crippen LogP contribution is -2.53. The van der Waals surface area contributed by atoms with Crippen LogP contribution in [-0.4, -0.2) is 54.7 Å². The van der Waals surface area contributed by atoms with E-state index in [0.29, 0.717) is 0 Å². The Morgan fingerprint density at radius 1 is 1.17 bits per heavy atom. The molecule has 2 heterocycles. The zero-order chi connectivity index (χ0) is 14.8. The van der Waals surface area contributed by atoms with Crippen molar-refractivity contribution in [3.63, 3.8) is 0 Å². The van der Waals surface area contributed by atoms with Crippen molar-refractivity contribution in [2.24, 2.45) is 0 Å². The van der Waals surface area contributed by atoms with Crippen molar-refractivity contribution in [2.75, 3.05) is 42.7 Å². The van der Waals surface area contributed by atoms with E-state index in [9.17, 15) is 4.79 Å². The molecule has 1 unspecified atom stereocenters. The molecule has 0 bridgehead atoms. The van der Waals surface area contributed by atoms with Crippen molar-refractivity contribution in [1.82, 2.24) is 10.2 Å². The van der Waals surface area contributed by atoms with E-state index >= 15 is 0 Å². The van der Waals surface area contributed by atoms with Crippen LogP contribution in [0.3, 0.4) is 0 Å². The van der Waals surface area contributed by atoms with Crippen molar-refractivity contribution in [1.29, 1.82) is 0 Å². The van der Waals surface area contributed by atoms with Crippen molar-refractivity contribution in [3.05, 3.63) is 29.3 Å². The summed E-state index contributed by atoms with van der Waals surface area (Å²) in [5.41, 5.74) is 4.00. The summed E-state index contributed by atoms with van der Waals surface area (Å²) in [6, 6.07) is 6.49. The van der Waals surface area contributed by atoms with Crippen LogP contribution in [0, 0.1) is 13.8 Å². The van der Waals surface area contributed by atoms with Crippen LogP contribution in [0.25, 0.3) is 0 Å².